The third-order valence-electron chi connectivity index (χ3n) is 3.38. The van der Waals surface area contributed by atoms with E-state index in [1.807, 2.05) is 6.07 Å². The van der Waals surface area contributed by atoms with Crippen LogP contribution in [0.5, 0.6) is 0 Å². The van der Waals surface area contributed by atoms with Crippen LogP contribution in [-0.4, -0.2) is 11.1 Å². The Morgan fingerprint density at radius 2 is 2.29 bits per heavy atom. The zero-order chi connectivity index (χ0) is 12.0. The molecule has 4 heteroatoms. The quantitative estimate of drug-likeness (QED) is 0.843. The Bertz CT molecular complexity index is 603. The van der Waals surface area contributed by atoms with Crippen LogP contribution in [0.4, 0.5) is 4.39 Å². The van der Waals surface area contributed by atoms with E-state index in [1.165, 1.54) is 17.4 Å². The molecule has 0 unspecified atom stereocenters. The highest BCUT2D eigenvalue weighted by Gasteiger charge is 2.27. The molecule has 0 radical (unpaired) electrons. The third kappa shape index (κ3) is 1.63. The monoisotopic (exact) mass is 250 g/mol. The van der Waals surface area contributed by atoms with E-state index < -0.39 is 5.97 Å². The standard InChI is InChI=1S/C13H11FO2S/c14-10-3-1-2-9-8-5-4-7(13(15)16)6-11(8)17-12(9)10/h1-3,7H,4-6H2,(H,15,16)/t7-/m1/s1. The van der Waals surface area contributed by atoms with Crippen LogP contribution in [-0.2, 0) is 17.6 Å². The Balaban J connectivity index is 2.13. The Kier molecular flexibility index (Phi) is 2.40. The van der Waals surface area contributed by atoms with Gasteiger partial charge in [0.05, 0.1) is 10.6 Å². The molecule has 1 heterocycles. The third-order valence-corrected chi connectivity index (χ3v) is 4.66. The van der Waals surface area contributed by atoms with Crippen molar-refractivity contribution in [1.82, 2.24) is 0 Å². The van der Waals surface area contributed by atoms with E-state index >= 15 is 0 Å². The number of aryl methyl sites for hydroxylation is 1. The van der Waals surface area contributed by atoms with Crippen LogP contribution in [0.15, 0.2) is 18.2 Å². The van der Waals surface area contributed by atoms with Gasteiger partial charge >= 0.3 is 5.97 Å². The van der Waals surface area contributed by atoms with Gasteiger partial charge in [-0.1, -0.05) is 12.1 Å². The lowest BCUT2D eigenvalue weighted by molar-refractivity contribution is -0.142. The molecule has 2 nitrogen and oxygen atoms in total. The molecule has 1 aliphatic carbocycles. The molecular weight excluding hydrogens is 239 g/mol. The second kappa shape index (κ2) is 3.81. The molecule has 1 aromatic carbocycles. The summed E-state index contributed by atoms with van der Waals surface area (Å²) in [5.41, 5.74) is 1.15. The van der Waals surface area contributed by atoms with Crippen molar-refractivity contribution < 1.29 is 14.3 Å². The number of aliphatic carboxylic acids is 1. The van der Waals surface area contributed by atoms with Gasteiger partial charge in [-0.25, -0.2) is 4.39 Å². The zero-order valence-corrected chi connectivity index (χ0v) is 9.89. The molecule has 1 aliphatic rings. The fourth-order valence-electron chi connectivity index (χ4n) is 2.48. The van der Waals surface area contributed by atoms with Gasteiger partial charge in [0.25, 0.3) is 0 Å². The van der Waals surface area contributed by atoms with E-state index in [-0.39, 0.29) is 11.7 Å². The lowest BCUT2D eigenvalue weighted by Crippen LogP contribution is -2.20. The second-order valence-electron chi connectivity index (χ2n) is 4.40. The molecule has 0 fully saturated rings. The van der Waals surface area contributed by atoms with Gasteiger partial charge in [-0.05, 0) is 36.3 Å². The van der Waals surface area contributed by atoms with Crippen LogP contribution >= 0.6 is 11.3 Å². The Morgan fingerprint density at radius 3 is 3.06 bits per heavy atom. The van der Waals surface area contributed by atoms with Crippen molar-refractivity contribution in [3.8, 4) is 0 Å². The van der Waals surface area contributed by atoms with Crippen LogP contribution < -0.4 is 0 Å². The van der Waals surface area contributed by atoms with Gasteiger partial charge in [0.1, 0.15) is 5.82 Å². The summed E-state index contributed by atoms with van der Waals surface area (Å²) in [7, 11) is 0. The van der Waals surface area contributed by atoms with E-state index in [9.17, 15) is 9.18 Å². The first kappa shape index (κ1) is 10.7. The Labute approximate surface area is 102 Å². The molecule has 2 aromatic rings. The number of halogens is 1. The smallest absolute Gasteiger partial charge is 0.306 e. The lowest BCUT2D eigenvalue weighted by atomic mass is 9.88. The Hall–Kier alpha value is -1.42. The van der Waals surface area contributed by atoms with E-state index in [0.29, 0.717) is 17.5 Å². The molecule has 0 saturated carbocycles. The number of rotatable bonds is 1. The number of carboxylic acids is 1. The fraction of sp³-hybridized carbons (Fsp3) is 0.308. The number of benzene rings is 1. The summed E-state index contributed by atoms with van der Waals surface area (Å²) in [6.07, 6.45) is 1.95. The number of hydrogen-bond donors (Lipinski definition) is 1. The lowest BCUT2D eigenvalue weighted by Gasteiger charge is -2.18. The molecule has 0 spiro atoms. The summed E-state index contributed by atoms with van der Waals surface area (Å²) in [6.45, 7) is 0. The average Bonchev–Trinajstić information content (AvgIpc) is 2.68. The first-order valence-electron chi connectivity index (χ1n) is 5.58. The van der Waals surface area contributed by atoms with Crippen LogP contribution in [0.3, 0.4) is 0 Å². The van der Waals surface area contributed by atoms with E-state index in [4.69, 9.17) is 5.11 Å². The van der Waals surface area contributed by atoms with Crippen molar-refractivity contribution in [2.45, 2.75) is 19.3 Å². The number of carboxylic acid groups (broad SMARTS) is 1. The molecule has 1 atom stereocenters. The Morgan fingerprint density at radius 1 is 1.47 bits per heavy atom. The minimum atomic E-state index is -0.742. The van der Waals surface area contributed by atoms with Crippen molar-refractivity contribution in [3.63, 3.8) is 0 Å². The second-order valence-corrected chi connectivity index (χ2v) is 5.50. The number of fused-ring (bicyclic) bond motifs is 3. The fourth-order valence-corrected chi connectivity index (χ4v) is 3.81. The van der Waals surface area contributed by atoms with Crippen molar-refractivity contribution in [2.24, 2.45) is 5.92 Å². The highest BCUT2D eigenvalue weighted by molar-refractivity contribution is 7.19. The van der Waals surface area contributed by atoms with E-state index in [2.05, 4.69) is 0 Å². The number of carbonyl (C=O) groups is 1. The summed E-state index contributed by atoms with van der Waals surface area (Å²) in [5, 5.41) is 9.99. The van der Waals surface area contributed by atoms with Gasteiger partial charge in [0.15, 0.2) is 0 Å². The predicted molar refractivity (Wildman–Crippen MR) is 64.9 cm³/mol. The van der Waals surface area contributed by atoms with E-state index in [0.717, 1.165) is 22.2 Å². The van der Waals surface area contributed by atoms with Crippen LogP contribution in [0.1, 0.15) is 16.9 Å². The largest absolute Gasteiger partial charge is 0.481 e. The maximum Gasteiger partial charge on any atom is 0.306 e. The van der Waals surface area contributed by atoms with Gasteiger partial charge in [-0.15, -0.1) is 11.3 Å². The van der Waals surface area contributed by atoms with Crippen LogP contribution in [0, 0.1) is 11.7 Å². The van der Waals surface area contributed by atoms with Gasteiger partial charge in [-0.3, -0.25) is 4.79 Å². The highest BCUT2D eigenvalue weighted by Crippen LogP contribution is 2.39. The molecular formula is C13H11FO2S. The number of hydrogen-bond acceptors (Lipinski definition) is 2. The first-order chi connectivity index (χ1) is 8.16. The molecule has 0 bridgehead atoms. The summed E-state index contributed by atoms with van der Waals surface area (Å²) >= 11 is 1.41. The SMILES string of the molecule is O=C(O)[C@@H]1CCc2c(sc3c(F)cccc23)C1. The maximum atomic E-state index is 13.6. The first-order valence-corrected chi connectivity index (χ1v) is 6.40. The normalized spacial score (nSPS) is 19.2. The summed E-state index contributed by atoms with van der Waals surface area (Å²) < 4.78 is 14.3. The molecule has 1 N–H and O–H groups in total. The highest BCUT2D eigenvalue weighted by atomic mass is 32.1. The summed E-state index contributed by atoms with van der Waals surface area (Å²) in [6, 6.07) is 5.10. The summed E-state index contributed by atoms with van der Waals surface area (Å²) in [5.74, 6) is -1.25. The van der Waals surface area contributed by atoms with Gasteiger partial charge in [0.2, 0.25) is 0 Å². The molecule has 0 saturated heterocycles. The van der Waals surface area contributed by atoms with Crippen LogP contribution in [0.25, 0.3) is 10.1 Å². The van der Waals surface area contributed by atoms with Crippen LogP contribution in [0.2, 0.25) is 0 Å². The van der Waals surface area contributed by atoms with Crippen molar-refractivity contribution >= 4 is 27.4 Å². The minimum Gasteiger partial charge on any atom is -0.481 e. The zero-order valence-electron chi connectivity index (χ0n) is 9.07. The van der Waals surface area contributed by atoms with Crippen molar-refractivity contribution in [2.75, 3.05) is 0 Å². The topological polar surface area (TPSA) is 37.3 Å². The molecule has 3 rings (SSSR count). The number of thiophene rings is 1. The molecule has 17 heavy (non-hydrogen) atoms. The summed E-state index contributed by atoms with van der Waals surface area (Å²) in [4.78, 5) is 12.0. The van der Waals surface area contributed by atoms with Crippen molar-refractivity contribution in [1.29, 1.82) is 0 Å². The molecule has 1 aromatic heterocycles. The predicted octanol–water partition coefficient (Wildman–Crippen LogP) is 3.23. The van der Waals surface area contributed by atoms with Crippen molar-refractivity contribution in [3.05, 3.63) is 34.5 Å². The molecule has 0 amide bonds. The minimum absolute atomic E-state index is 0.200. The van der Waals surface area contributed by atoms with Gasteiger partial charge < -0.3 is 5.11 Å². The maximum absolute atomic E-state index is 13.6. The molecule has 88 valence electrons. The molecule has 0 aliphatic heterocycles. The van der Waals surface area contributed by atoms with Gasteiger partial charge in [-0.2, -0.15) is 0 Å². The van der Waals surface area contributed by atoms with Gasteiger partial charge in [0, 0.05) is 4.88 Å². The average molecular weight is 250 g/mol. The van der Waals surface area contributed by atoms with E-state index in [1.54, 1.807) is 6.07 Å².